The van der Waals surface area contributed by atoms with Crippen LogP contribution in [0.25, 0.3) is 11.2 Å². The number of aromatic nitrogens is 7. The second-order valence-electron chi connectivity index (χ2n) is 5.84. The third kappa shape index (κ3) is 3.78. The van der Waals surface area contributed by atoms with Crippen LogP contribution in [-0.4, -0.2) is 41.5 Å². The third-order valence-electron chi connectivity index (χ3n) is 3.99. The maximum atomic E-state index is 14.1. The van der Waals surface area contributed by atoms with Crippen LogP contribution in [-0.2, 0) is 0 Å². The monoisotopic (exact) mass is 424 g/mol. The highest BCUT2D eigenvalue weighted by molar-refractivity contribution is 6.33. The van der Waals surface area contributed by atoms with Gasteiger partial charge in [-0.1, -0.05) is 17.7 Å². The van der Waals surface area contributed by atoms with Gasteiger partial charge in [-0.05, 0) is 13.0 Å². The molecule has 0 saturated carbocycles. The minimum atomic E-state index is -2.98. The van der Waals surface area contributed by atoms with Crippen LogP contribution in [0.5, 0.6) is 5.88 Å². The number of rotatable bonds is 6. The first-order valence-electron chi connectivity index (χ1n) is 8.21. The van der Waals surface area contributed by atoms with Crippen molar-refractivity contribution in [3.8, 4) is 5.88 Å². The largest absolute Gasteiger partial charge is 0.417 e. The van der Waals surface area contributed by atoms with Crippen LogP contribution in [0.4, 0.5) is 24.8 Å². The van der Waals surface area contributed by atoms with Crippen molar-refractivity contribution in [3.63, 3.8) is 0 Å². The normalized spacial score (nSPS) is 12.5. The van der Waals surface area contributed by atoms with Gasteiger partial charge in [0.25, 0.3) is 0 Å². The van der Waals surface area contributed by atoms with Crippen LogP contribution < -0.4 is 10.1 Å². The second kappa shape index (κ2) is 7.54. The summed E-state index contributed by atoms with van der Waals surface area (Å²) in [7, 11) is 0. The Bertz CT molecular complexity index is 1160. The lowest BCUT2D eigenvalue weighted by atomic mass is 10.1. The van der Waals surface area contributed by atoms with Crippen molar-refractivity contribution in [3.05, 3.63) is 47.3 Å². The summed E-state index contributed by atoms with van der Waals surface area (Å²) in [6.07, 6.45) is 2.72. The first-order chi connectivity index (χ1) is 13.9. The van der Waals surface area contributed by atoms with Gasteiger partial charge in [-0.2, -0.15) is 23.4 Å². The molecule has 0 aliphatic heterocycles. The smallest absolute Gasteiger partial charge is 0.388 e. The minimum absolute atomic E-state index is 0.0996. The number of ether oxygens (including phenoxy) is 1. The molecule has 0 aromatic carbocycles. The molecule has 4 aromatic heterocycles. The molecular weight excluding hydrogens is 413 g/mol. The Labute approximate surface area is 165 Å². The van der Waals surface area contributed by atoms with Gasteiger partial charge in [-0.15, -0.1) is 0 Å². The van der Waals surface area contributed by atoms with Crippen LogP contribution in [0, 0.1) is 5.95 Å². The third-order valence-corrected chi connectivity index (χ3v) is 4.25. The molecule has 0 saturated heterocycles. The highest BCUT2D eigenvalue weighted by Gasteiger charge is 2.21. The molecule has 2 N–H and O–H groups in total. The molecule has 4 aromatic rings. The average molecular weight is 425 g/mol. The standard InChI is InChI=1S/C16H12ClF3N8O/c1-7(8-3-2-4-21-14(8)18)28-15-12(13(17)27-28)22-6-10(24-15)23-9-5-11(26-25-9)29-16(19)20/h2-7,16H,1H3,(H2,23,24,25,26)/t7-/m0/s1. The zero-order valence-corrected chi connectivity index (χ0v) is 15.4. The number of hydrogen-bond acceptors (Lipinski definition) is 7. The zero-order valence-electron chi connectivity index (χ0n) is 14.6. The summed E-state index contributed by atoms with van der Waals surface area (Å²) in [4.78, 5) is 12.2. The van der Waals surface area contributed by atoms with E-state index in [2.05, 4.69) is 40.3 Å². The first-order valence-corrected chi connectivity index (χ1v) is 8.58. The predicted octanol–water partition coefficient (Wildman–Crippen LogP) is 3.69. The zero-order chi connectivity index (χ0) is 20.5. The van der Waals surface area contributed by atoms with Gasteiger partial charge >= 0.3 is 6.61 Å². The number of anilines is 2. The number of fused-ring (bicyclic) bond motifs is 1. The van der Waals surface area contributed by atoms with Crippen molar-refractivity contribution in [2.75, 3.05) is 5.32 Å². The molecule has 0 spiro atoms. The van der Waals surface area contributed by atoms with E-state index in [9.17, 15) is 13.2 Å². The minimum Gasteiger partial charge on any atom is -0.417 e. The quantitative estimate of drug-likeness (QED) is 0.454. The van der Waals surface area contributed by atoms with Crippen LogP contribution in [0.1, 0.15) is 18.5 Å². The van der Waals surface area contributed by atoms with Crippen molar-refractivity contribution < 1.29 is 17.9 Å². The number of aromatic amines is 1. The molecule has 9 nitrogen and oxygen atoms in total. The molecule has 0 bridgehead atoms. The number of H-pyrrole nitrogens is 1. The summed E-state index contributed by atoms with van der Waals surface area (Å²) >= 11 is 6.14. The lowest BCUT2D eigenvalue weighted by molar-refractivity contribution is -0.0528. The number of nitrogens with zero attached hydrogens (tertiary/aromatic N) is 6. The van der Waals surface area contributed by atoms with Crippen molar-refractivity contribution in [1.29, 1.82) is 0 Å². The van der Waals surface area contributed by atoms with Crippen molar-refractivity contribution in [2.24, 2.45) is 0 Å². The molecule has 0 radical (unpaired) electrons. The van der Waals surface area contributed by atoms with Crippen LogP contribution >= 0.6 is 11.6 Å². The van der Waals surface area contributed by atoms with Gasteiger partial charge in [-0.25, -0.2) is 24.7 Å². The molecule has 13 heteroatoms. The molecule has 0 amide bonds. The van der Waals surface area contributed by atoms with Crippen LogP contribution in [0.3, 0.4) is 0 Å². The first kappa shape index (κ1) is 18.9. The Hall–Kier alpha value is -3.41. The summed E-state index contributed by atoms with van der Waals surface area (Å²) in [5, 5.41) is 13.2. The lowest BCUT2D eigenvalue weighted by Gasteiger charge is -2.13. The summed E-state index contributed by atoms with van der Waals surface area (Å²) in [5.41, 5.74) is 0.905. The topological polar surface area (TPSA) is 106 Å². The number of hydrogen-bond donors (Lipinski definition) is 2. The molecular formula is C16H12ClF3N8O. The molecule has 29 heavy (non-hydrogen) atoms. The van der Waals surface area contributed by atoms with E-state index in [1.807, 2.05) is 0 Å². The molecule has 1 atom stereocenters. The average Bonchev–Trinajstić information content (AvgIpc) is 3.25. The maximum absolute atomic E-state index is 14.1. The van der Waals surface area contributed by atoms with Gasteiger partial charge in [0, 0.05) is 17.8 Å². The predicted molar refractivity (Wildman–Crippen MR) is 96.8 cm³/mol. The second-order valence-corrected chi connectivity index (χ2v) is 6.20. The lowest BCUT2D eigenvalue weighted by Crippen LogP contribution is -2.12. The fraction of sp³-hybridized carbons (Fsp3) is 0.188. The summed E-state index contributed by atoms with van der Waals surface area (Å²) < 4.78 is 44.2. The Morgan fingerprint density at radius 2 is 2.10 bits per heavy atom. The van der Waals surface area contributed by atoms with Gasteiger partial charge in [-0.3, -0.25) is 0 Å². The maximum Gasteiger partial charge on any atom is 0.388 e. The van der Waals surface area contributed by atoms with Crippen molar-refractivity contribution in [1.82, 2.24) is 34.9 Å². The highest BCUT2D eigenvalue weighted by atomic mass is 35.5. The summed E-state index contributed by atoms with van der Waals surface area (Å²) in [5.74, 6) is -0.433. The van der Waals surface area contributed by atoms with Crippen molar-refractivity contribution in [2.45, 2.75) is 19.6 Å². The van der Waals surface area contributed by atoms with Gasteiger partial charge in [0.15, 0.2) is 22.4 Å². The van der Waals surface area contributed by atoms with Gasteiger partial charge in [0.05, 0.1) is 12.2 Å². The fourth-order valence-electron chi connectivity index (χ4n) is 2.70. The molecule has 0 aliphatic carbocycles. The number of alkyl halides is 2. The van der Waals surface area contributed by atoms with E-state index in [4.69, 9.17) is 11.6 Å². The Morgan fingerprint density at radius 3 is 2.86 bits per heavy atom. The number of halogens is 4. The van der Waals surface area contributed by atoms with E-state index >= 15 is 0 Å². The highest BCUT2D eigenvalue weighted by Crippen LogP contribution is 2.28. The SMILES string of the molecule is C[C@@H](c1cccnc1F)n1nc(Cl)c2ncc(Nc3cc(OC(F)F)[nH]n3)nc21. The van der Waals surface area contributed by atoms with Crippen LogP contribution in [0.15, 0.2) is 30.6 Å². The van der Waals surface area contributed by atoms with E-state index in [1.54, 1.807) is 19.1 Å². The van der Waals surface area contributed by atoms with Gasteiger partial charge in [0.2, 0.25) is 11.8 Å². The molecule has 0 fully saturated rings. The summed E-state index contributed by atoms with van der Waals surface area (Å²) in [6.45, 7) is -1.27. The van der Waals surface area contributed by atoms with Gasteiger partial charge < -0.3 is 10.1 Å². The summed E-state index contributed by atoms with van der Waals surface area (Å²) in [6, 6.07) is 3.85. The molecule has 4 rings (SSSR count). The van der Waals surface area contributed by atoms with E-state index in [-0.39, 0.29) is 28.3 Å². The Kier molecular flexibility index (Phi) is 4.92. The molecule has 0 aliphatic rings. The fourth-order valence-corrected chi connectivity index (χ4v) is 2.92. The van der Waals surface area contributed by atoms with E-state index in [0.29, 0.717) is 11.1 Å². The molecule has 150 valence electrons. The van der Waals surface area contributed by atoms with Crippen LogP contribution in [0.2, 0.25) is 5.15 Å². The molecule has 0 unspecified atom stereocenters. The number of nitrogens with one attached hydrogen (secondary N) is 2. The van der Waals surface area contributed by atoms with E-state index < -0.39 is 18.6 Å². The van der Waals surface area contributed by atoms with Crippen molar-refractivity contribution >= 4 is 34.4 Å². The Balaban J connectivity index is 1.67. The van der Waals surface area contributed by atoms with E-state index in [1.165, 1.54) is 23.1 Å². The molecule has 4 heterocycles. The van der Waals surface area contributed by atoms with E-state index in [0.717, 1.165) is 0 Å². The number of pyridine rings is 1. The Morgan fingerprint density at radius 1 is 1.28 bits per heavy atom. The van der Waals surface area contributed by atoms with Gasteiger partial charge in [0.1, 0.15) is 5.52 Å².